The molecule has 3 N–H and O–H groups in total. The molecule has 0 saturated carbocycles. The molecule has 12 heteroatoms. The number of carbonyl (C=O) groups excluding carboxylic acids is 2. The minimum absolute atomic E-state index is 0.113. The fourth-order valence-corrected chi connectivity index (χ4v) is 3.51. The summed E-state index contributed by atoms with van der Waals surface area (Å²) < 4.78 is 40.6. The summed E-state index contributed by atoms with van der Waals surface area (Å²) in [7, 11) is -3.97. The molecular weight excluding hydrogens is 407 g/mol. The molecule has 0 unspecified atom stereocenters. The molecule has 0 aliphatic carbocycles. The van der Waals surface area contributed by atoms with E-state index in [2.05, 4.69) is 4.72 Å². The third kappa shape index (κ3) is 5.56. The van der Waals surface area contributed by atoms with Crippen molar-refractivity contribution in [2.45, 2.75) is 24.8 Å². The number of sulfonamides is 1. The van der Waals surface area contributed by atoms with E-state index in [0.29, 0.717) is 0 Å². The van der Waals surface area contributed by atoms with Crippen LogP contribution >= 0.6 is 0 Å². The highest BCUT2D eigenvalue weighted by Crippen LogP contribution is 2.16. The van der Waals surface area contributed by atoms with Gasteiger partial charge in [0.15, 0.2) is 0 Å². The molecule has 0 aliphatic rings. The summed E-state index contributed by atoms with van der Waals surface area (Å²) in [6, 6.07) is 6.95. The first-order chi connectivity index (χ1) is 13.5. The van der Waals surface area contributed by atoms with Gasteiger partial charge < -0.3 is 0 Å². The molecule has 2 aromatic carbocycles. The molecule has 0 saturated heterocycles. The standard InChI is InChI=1S/C17H17FN4O6S/c1-10(2)21-29(27,28)13-6-7-15(18)14(9-13)17(24)20-19-16(23)11-4-3-5-12(8-11)22(25)26/h3-10,21H,1-2H3,(H,19,23)(H,20,24). The van der Waals surface area contributed by atoms with E-state index in [1.807, 2.05) is 10.9 Å². The number of hydrazine groups is 1. The first kappa shape index (κ1) is 21.9. The molecule has 0 aromatic heterocycles. The second-order valence-corrected chi connectivity index (χ2v) is 7.85. The quantitative estimate of drug-likeness (QED) is 0.473. The fourth-order valence-electron chi connectivity index (χ4n) is 2.24. The molecule has 2 amide bonds. The molecule has 0 heterocycles. The summed E-state index contributed by atoms with van der Waals surface area (Å²) in [5.41, 5.74) is 2.87. The number of benzene rings is 2. The molecule has 29 heavy (non-hydrogen) atoms. The SMILES string of the molecule is CC(C)NS(=O)(=O)c1ccc(F)c(C(=O)NNC(=O)c2cccc([N+](=O)[O-])c2)c1. The van der Waals surface area contributed by atoms with Crippen molar-refractivity contribution in [3.05, 3.63) is 69.5 Å². The lowest BCUT2D eigenvalue weighted by molar-refractivity contribution is -0.384. The van der Waals surface area contributed by atoms with E-state index in [4.69, 9.17) is 0 Å². The van der Waals surface area contributed by atoms with Crippen LogP contribution in [-0.2, 0) is 10.0 Å². The lowest BCUT2D eigenvalue weighted by atomic mass is 10.2. The van der Waals surface area contributed by atoms with Crippen molar-refractivity contribution in [3.8, 4) is 0 Å². The minimum Gasteiger partial charge on any atom is -0.267 e. The predicted molar refractivity (Wildman–Crippen MR) is 99.9 cm³/mol. The van der Waals surface area contributed by atoms with Gasteiger partial charge in [0.1, 0.15) is 5.82 Å². The lowest BCUT2D eigenvalue weighted by Gasteiger charge is -2.12. The maximum Gasteiger partial charge on any atom is 0.272 e. The molecule has 0 spiro atoms. The second-order valence-electron chi connectivity index (χ2n) is 6.13. The van der Waals surface area contributed by atoms with Gasteiger partial charge in [0.05, 0.1) is 15.4 Å². The van der Waals surface area contributed by atoms with Gasteiger partial charge in [-0.3, -0.25) is 30.6 Å². The van der Waals surface area contributed by atoms with E-state index in [0.717, 1.165) is 24.3 Å². The Hall–Kier alpha value is -3.38. The van der Waals surface area contributed by atoms with E-state index < -0.39 is 44.2 Å². The summed E-state index contributed by atoms with van der Waals surface area (Å²) in [6.07, 6.45) is 0. The van der Waals surface area contributed by atoms with Crippen molar-refractivity contribution in [1.82, 2.24) is 15.6 Å². The van der Waals surface area contributed by atoms with Gasteiger partial charge in [-0.05, 0) is 38.1 Å². The number of carbonyl (C=O) groups is 2. The molecule has 2 rings (SSSR count). The van der Waals surface area contributed by atoms with Crippen molar-refractivity contribution in [3.63, 3.8) is 0 Å². The van der Waals surface area contributed by atoms with Gasteiger partial charge in [0, 0.05) is 23.7 Å². The van der Waals surface area contributed by atoms with E-state index in [1.54, 1.807) is 13.8 Å². The van der Waals surface area contributed by atoms with Crippen molar-refractivity contribution in [2.75, 3.05) is 0 Å². The van der Waals surface area contributed by atoms with Crippen LogP contribution in [0.4, 0.5) is 10.1 Å². The van der Waals surface area contributed by atoms with Crippen LogP contribution in [0.15, 0.2) is 47.4 Å². The van der Waals surface area contributed by atoms with Crippen molar-refractivity contribution < 1.29 is 27.3 Å². The number of halogens is 1. The summed E-state index contributed by atoms with van der Waals surface area (Å²) in [6.45, 7) is 3.19. The fraction of sp³-hybridized carbons (Fsp3) is 0.176. The number of non-ortho nitro benzene ring substituents is 1. The van der Waals surface area contributed by atoms with Gasteiger partial charge in [-0.1, -0.05) is 6.07 Å². The molecule has 0 radical (unpaired) electrons. The Morgan fingerprint density at radius 2 is 1.72 bits per heavy atom. The zero-order chi connectivity index (χ0) is 21.8. The van der Waals surface area contributed by atoms with Crippen LogP contribution in [0.2, 0.25) is 0 Å². The molecule has 2 aromatic rings. The van der Waals surface area contributed by atoms with Gasteiger partial charge >= 0.3 is 0 Å². The number of nitrogens with one attached hydrogen (secondary N) is 3. The Bertz CT molecular complexity index is 1070. The van der Waals surface area contributed by atoms with Gasteiger partial charge in [0.2, 0.25) is 10.0 Å². The third-order valence-corrected chi connectivity index (χ3v) is 5.15. The van der Waals surface area contributed by atoms with Gasteiger partial charge in [0.25, 0.3) is 17.5 Å². The Labute approximate surface area is 165 Å². The molecule has 0 bridgehead atoms. The maximum absolute atomic E-state index is 14.0. The normalized spacial score (nSPS) is 11.2. The molecular formula is C17H17FN4O6S. The predicted octanol–water partition coefficient (Wildman–Crippen LogP) is 1.50. The highest BCUT2D eigenvalue weighted by molar-refractivity contribution is 7.89. The topological polar surface area (TPSA) is 148 Å². The summed E-state index contributed by atoms with van der Waals surface area (Å²) >= 11 is 0. The van der Waals surface area contributed by atoms with E-state index >= 15 is 0 Å². The van der Waals surface area contributed by atoms with Crippen LogP contribution in [0.25, 0.3) is 0 Å². The summed E-state index contributed by atoms with van der Waals surface area (Å²) in [5, 5.41) is 10.8. The molecule has 0 fully saturated rings. The Kier molecular flexibility index (Phi) is 6.61. The van der Waals surface area contributed by atoms with Crippen molar-refractivity contribution in [2.24, 2.45) is 0 Å². The number of hydrogen-bond acceptors (Lipinski definition) is 6. The zero-order valence-electron chi connectivity index (χ0n) is 15.3. The van der Waals surface area contributed by atoms with Crippen LogP contribution in [0.1, 0.15) is 34.6 Å². The lowest BCUT2D eigenvalue weighted by Crippen LogP contribution is -2.42. The van der Waals surface area contributed by atoms with E-state index in [1.165, 1.54) is 18.2 Å². The van der Waals surface area contributed by atoms with Crippen LogP contribution in [0.5, 0.6) is 0 Å². The average molecular weight is 424 g/mol. The van der Waals surface area contributed by atoms with Gasteiger partial charge in [-0.15, -0.1) is 0 Å². The van der Waals surface area contributed by atoms with Crippen molar-refractivity contribution >= 4 is 27.5 Å². The zero-order valence-corrected chi connectivity index (χ0v) is 16.1. The van der Waals surface area contributed by atoms with E-state index in [9.17, 15) is 32.5 Å². The first-order valence-corrected chi connectivity index (χ1v) is 9.66. The van der Waals surface area contributed by atoms with E-state index in [-0.39, 0.29) is 16.1 Å². The Morgan fingerprint density at radius 1 is 1.07 bits per heavy atom. The highest BCUT2D eigenvalue weighted by atomic mass is 32.2. The number of nitrogens with zero attached hydrogens (tertiary/aromatic N) is 1. The molecule has 154 valence electrons. The summed E-state index contributed by atoms with van der Waals surface area (Å²) in [4.78, 5) is 34.0. The number of rotatable bonds is 6. The maximum atomic E-state index is 14.0. The number of amides is 2. The van der Waals surface area contributed by atoms with Crippen LogP contribution in [0.3, 0.4) is 0 Å². The Morgan fingerprint density at radius 3 is 2.34 bits per heavy atom. The Balaban J connectivity index is 2.17. The average Bonchev–Trinajstić information content (AvgIpc) is 2.65. The van der Waals surface area contributed by atoms with Crippen LogP contribution < -0.4 is 15.6 Å². The summed E-state index contributed by atoms with van der Waals surface area (Å²) in [5.74, 6) is -2.99. The number of nitro groups is 1. The monoisotopic (exact) mass is 424 g/mol. The second kappa shape index (κ2) is 8.75. The number of hydrogen-bond donors (Lipinski definition) is 3. The molecule has 0 atom stereocenters. The molecule has 10 nitrogen and oxygen atoms in total. The number of nitro benzene ring substituents is 1. The molecule has 0 aliphatic heterocycles. The van der Waals surface area contributed by atoms with Gasteiger partial charge in [-0.2, -0.15) is 0 Å². The van der Waals surface area contributed by atoms with Gasteiger partial charge in [-0.25, -0.2) is 17.5 Å². The van der Waals surface area contributed by atoms with Crippen LogP contribution in [0, 0.1) is 15.9 Å². The third-order valence-electron chi connectivity index (χ3n) is 3.49. The van der Waals surface area contributed by atoms with Crippen LogP contribution in [-0.4, -0.2) is 31.2 Å². The highest BCUT2D eigenvalue weighted by Gasteiger charge is 2.21. The minimum atomic E-state index is -3.97. The largest absolute Gasteiger partial charge is 0.272 e. The van der Waals surface area contributed by atoms with Crippen molar-refractivity contribution in [1.29, 1.82) is 0 Å². The smallest absolute Gasteiger partial charge is 0.267 e. The first-order valence-electron chi connectivity index (χ1n) is 8.18.